The minimum absolute atomic E-state index is 0.0493. The molecule has 1 aliphatic heterocycles. The topological polar surface area (TPSA) is 58.6 Å². The Labute approximate surface area is 219 Å². The predicted octanol–water partition coefficient (Wildman–Crippen LogP) is 5.84. The van der Waals surface area contributed by atoms with Gasteiger partial charge in [-0.1, -0.05) is 11.9 Å². The van der Waals surface area contributed by atoms with Crippen molar-refractivity contribution in [2.45, 2.75) is 51.0 Å². The molecule has 0 bridgehead atoms. The summed E-state index contributed by atoms with van der Waals surface area (Å²) in [4.78, 5) is 26.5. The Balaban J connectivity index is 1.10. The highest BCUT2D eigenvalue weighted by molar-refractivity contribution is 7.97. The van der Waals surface area contributed by atoms with Crippen LogP contribution in [-0.2, 0) is 11.3 Å². The van der Waals surface area contributed by atoms with Crippen LogP contribution in [0.25, 0.3) is 0 Å². The third kappa shape index (κ3) is 5.82. The summed E-state index contributed by atoms with van der Waals surface area (Å²) in [5, 5.41) is 0. The quantitative estimate of drug-likeness (QED) is 0.434. The van der Waals surface area contributed by atoms with E-state index in [1.165, 1.54) is 6.07 Å². The van der Waals surface area contributed by atoms with Gasteiger partial charge in [-0.05, 0) is 91.2 Å². The zero-order valence-corrected chi connectivity index (χ0v) is 21.6. The van der Waals surface area contributed by atoms with E-state index in [2.05, 4.69) is 4.72 Å². The van der Waals surface area contributed by atoms with Crippen molar-refractivity contribution in [1.82, 2.24) is 9.62 Å². The summed E-state index contributed by atoms with van der Waals surface area (Å²) in [6.07, 6.45) is 7.57. The van der Waals surface area contributed by atoms with Crippen LogP contribution in [0.4, 0.5) is 13.2 Å². The average Bonchev–Trinajstić information content (AvgIpc) is 3.68. The lowest BCUT2D eigenvalue weighted by Gasteiger charge is -2.52. The molecule has 0 unspecified atom stereocenters. The molecule has 37 heavy (non-hydrogen) atoms. The van der Waals surface area contributed by atoms with Gasteiger partial charge in [0, 0.05) is 37.6 Å². The van der Waals surface area contributed by atoms with Gasteiger partial charge < -0.3 is 9.64 Å². The SMILES string of the molecule is CSNC(=O)c1cc(C2CC2)c(COCC2CC3(CCN(C(=O)c4cc(F)cc(F)c4)CC3)C2)cc1F. The van der Waals surface area contributed by atoms with E-state index >= 15 is 0 Å². The van der Waals surface area contributed by atoms with Gasteiger partial charge in [-0.3, -0.25) is 14.3 Å². The van der Waals surface area contributed by atoms with Crippen molar-refractivity contribution in [3.63, 3.8) is 0 Å². The standard InChI is InChI=1S/C28H31F3N2O3S/c1-37-32-26(34)24-12-23(18-2-3-18)20(10-25(24)31)16-36-15-17-13-28(14-17)4-6-33(7-5-28)27(35)19-8-21(29)11-22(30)9-19/h8-12,17-18H,2-7,13-16H2,1H3,(H,32,34). The van der Waals surface area contributed by atoms with Crippen LogP contribution in [0.2, 0.25) is 0 Å². The number of likely N-dealkylation sites (tertiary alicyclic amines) is 1. The molecule has 5 nitrogen and oxygen atoms in total. The van der Waals surface area contributed by atoms with E-state index in [9.17, 15) is 22.8 Å². The number of rotatable bonds is 8. The highest BCUT2D eigenvalue weighted by Gasteiger charge is 2.46. The van der Waals surface area contributed by atoms with E-state index in [4.69, 9.17) is 4.74 Å². The molecular formula is C28H31F3N2O3S. The Morgan fingerprint density at radius 3 is 2.35 bits per heavy atom. The molecule has 198 valence electrons. The number of nitrogens with one attached hydrogen (secondary N) is 1. The molecule has 0 radical (unpaired) electrons. The molecule has 1 saturated heterocycles. The zero-order valence-electron chi connectivity index (χ0n) is 20.8. The van der Waals surface area contributed by atoms with E-state index in [0.29, 0.717) is 38.1 Å². The van der Waals surface area contributed by atoms with Crippen molar-refractivity contribution < 1.29 is 27.5 Å². The maximum Gasteiger partial charge on any atom is 0.264 e. The van der Waals surface area contributed by atoms with Crippen LogP contribution >= 0.6 is 11.9 Å². The minimum atomic E-state index is -0.748. The van der Waals surface area contributed by atoms with E-state index in [0.717, 1.165) is 79.8 Å². The van der Waals surface area contributed by atoms with Gasteiger partial charge in [0.25, 0.3) is 11.8 Å². The van der Waals surface area contributed by atoms with Crippen LogP contribution in [0.1, 0.15) is 76.3 Å². The van der Waals surface area contributed by atoms with Crippen LogP contribution in [0.5, 0.6) is 0 Å². The fraction of sp³-hybridized carbons (Fsp3) is 0.500. The van der Waals surface area contributed by atoms with Gasteiger partial charge in [0.15, 0.2) is 0 Å². The van der Waals surface area contributed by atoms with Gasteiger partial charge in [0.1, 0.15) is 17.5 Å². The third-order valence-electron chi connectivity index (χ3n) is 7.96. The second-order valence-corrected chi connectivity index (χ2v) is 11.3. The molecule has 2 aromatic carbocycles. The van der Waals surface area contributed by atoms with E-state index in [1.54, 1.807) is 17.2 Å². The average molecular weight is 533 g/mol. The molecule has 5 rings (SSSR count). The van der Waals surface area contributed by atoms with Gasteiger partial charge in [0.05, 0.1) is 12.2 Å². The lowest BCUT2D eigenvalue weighted by atomic mass is 9.58. The van der Waals surface area contributed by atoms with Crippen LogP contribution in [0.15, 0.2) is 30.3 Å². The number of halogens is 3. The molecule has 1 N–H and O–H groups in total. The first-order chi connectivity index (χ1) is 17.8. The summed E-state index contributed by atoms with van der Waals surface area (Å²) in [5.74, 6) is -1.99. The summed E-state index contributed by atoms with van der Waals surface area (Å²) < 4.78 is 50.2. The first kappa shape index (κ1) is 26.1. The smallest absolute Gasteiger partial charge is 0.264 e. The van der Waals surface area contributed by atoms with E-state index in [-0.39, 0.29) is 22.4 Å². The number of hydrogen-bond acceptors (Lipinski definition) is 4. The van der Waals surface area contributed by atoms with Gasteiger partial charge in [0.2, 0.25) is 0 Å². The molecular weight excluding hydrogens is 501 g/mol. The first-order valence-corrected chi connectivity index (χ1v) is 14.0. The molecule has 0 aromatic heterocycles. The van der Waals surface area contributed by atoms with Crippen molar-refractivity contribution in [1.29, 1.82) is 0 Å². The summed E-state index contributed by atoms with van der Waals surface area (Å²) in [6.45, 7) is 2.06. The number of ether oxygens (including phenoxy) is 1. The molecule has 2 aliphatic carbocycles. The second kappa shape index (κ2) is 10.7. The zero-order chi connectivity index (χ0) is 26.2. The second-order valence-electron chi connectivity index (χ2n) is 10.7. The molecule has 2 amide bonds. The number of benzene rings is 2. The number of hydrogen-bond donors (Lipinski definition) is 1. The first-order valence-electron chi connectivity index (χ1n) is 12.8. The monoisotopic (exact) mass is 532 g/mol. The number of amides is 2. The normalized spacial score (nSPS) is 19.1. The van der Waals surface area contributed by atoms with Crippen molar-refractivity contribution in [2.24, 2.45) is 11.3 Å². The molecule has 2 aromatic rings. The lowest BCUT2D eigenvalue weighted by molar-refractivity contribution is -0.0491. The summed E-state index contributed by atoms with van der Waals surface area (Å²) in [5.41, 5.74) is 2.14. The van der Waals surface area contributed by atoms with E-state index < -0.39 is 23.4 Å². The fourth-order valence-corrected chi connectivity index (χ4v) is 6.22. The third-order valence-corrected chi connectivity index (χ3v) is 8.35. The molecule has 2 saturated carbocycles. The molecule has 3 fully saturated rings. The van der Waals surface area contributed by atoms with Crippen LogP contribution in [-0.4, -0.2) is 42.7 Å². The maximum atomic E-state index is 14.6. The molecule has 9 heteroatoms. The molecule has 0 atom stereocenters. The largest absolute Gasteiger partial charge is 0.376 e. The Bertz CT molecular complexity index is 1170. The van der Waals surface area contributed by atoms with E-state index in [1.807, 2.05) is 0 Å². The Morgan fingerprint density at radius 1 is 1.05 bits per heavy atom. The molecule has 1 heterocycles. The Morgan fingerprint density at radius 2 is 1.73 bits per heavy atom. The maximum absolute atomic E-state index is 14.6. The summed E-state index contributed by atoms with van der Waals surface area (Å²) in [7, 11) is 0. The van der Waals surface area contributed by atoms with Crippen molar-refractivity contribution in [2.75, 3.05) is 26.0 Å². The van der Waals surface area contributed by atoms with Crippen LogP contribution in [0, 0.1) is 28.8 Å². The van der Waals surface area contributed by atoms with Crippen molar-refractivity contribution >= 4 is 23.8 Å². The van der Waals surface area contributed by atoms with Crippen molar-refractivity contribution in [3.05, 3.63) is 70.0 Å². The van der Waals surface area contributed by atoms with Gasteiger partial charge >= 0.3 is 0 Å². The number of piperidine rings is 1. The predicted molar refractivity (Wildman–Crippen MR) is 136 cm³/mol. The van der Waals surface area contributed by atoms with Crippen molar-refractivity contribution in [3.8, 4) is 0 Å². The summed E-state index contributed by atoms with van der Waals surface area (Å²) in [6, 6.07) is 6.06. The minimum Gasteiger partial charge on any atom is -0.376 e. The van der Waals surface area contributed by atoms with Gasteiger partial charge in [-0.25, -0.2) is 13.2 Å². The van der Waals surface area contributed by atoms with Gasteiger partial charge in [-0.2, -0.15) is 0 Å². The highest BCUT2D eigenvalue weighted by atomic mass is 32.2. The van der Waals surface area contributed by atoms with Crippen LogP contribution in [0.3, 0.4) is 0 Å². The molecule has 1 spiro atoms. The Hall–Kier alpha value is -2.52. The number of nitrogens with zero attached hydrogens (tertiary/aromatic N) is 1. The van der Waals surface area contributed by atoms with Crippen LogP contribution < -0.4 is 4.72 Å². The number of carbonyl (C=O) groups is 2. The molecule has 3 aliphatic rings. The lowest BCUT2D eigenvalue weighted by Crippen LogP contribution is -2.49. The highest BCUT2D eigenvalue weighted by Crippen LogP contribution is 2.52. The number of carbonyl (C=O) groups excluding carboxylic acids is 2. The van der Waals surface area contributed by atoms with Gasteiger partial charge in [-0.15, -0.1) is 0 Å². The fourth-order valence-electron chi connectivity index (χ4n) is 5.92. The summed E-state index contributed by atoms with van der Waals surface area (Å²) >= 11 is 1.15. The Kier molecular flexibility index (Phi) is 7.54.